The van der Waals surface area contributed by atoms with Gasteiger partial charge in [0.1, 0.15) is 0 Å². The van der Waals surface area contributed by atoms with Gasteiger partial charge in [0.25, 0.3) is 5.91 Å². The highest BCUT2D eigenvalue weighted by atomic mass is 16.2. The van der Waals surface area contributed by atoms with Crippen LogP contribution < -0.4 is 5.32 Å². The molecule has 1 fully saturated rings. The summed E-state index contributed by atoms with van der Waals surface area (Å²) in [5.41, 5.74) is 3.04. The molecule has 5 nitrogen and oxygen atoms in total. The molecule has 0 saturated carbocycles. The molecule has 0 aromatic carbocycles. The van der Waals surface area contributed by atoms with E-state index >= 15 is 0 Å². The van der Waals surface area contributed by atoms with Crippen molar-refractivity contribution in [2.75, 3.05) is 26.7 Å². The molecule has 0 bridgehead atoms. The zero-order valence-corrected chi connectivity index (χ0v) is 12.2. The first-order chi connectivity index (χ1) is 9.79. The molecule has 0 spiro atoms. The molecule has 1 saturated heterocycles. The number of hydrogen-bond donors (Lipinski definition) is 2. The summed E-state index contributed by atoms with van der Waals surface area (Å²) in [4.78, 5) is 14.6. The topological polar surface area (TPSA) is 61.0 Å². The number of rotatable bonds is 4. The summed E-state index contributed by atoms with van der Waals surface area (Å²) < 4.78 is 0. The fourth-order valence-electron chi connectivity index (χ4n) is 3.42. The zero-order valence-electron chi connectivity index (χ0n) is 12.2. The number of carbonyl (C=O) groups is 1. The van der Waals surface area contributed by atoms with Gasteiger partial charge in [-0.2, -0.15) is 5.10 Å². The van der Waals surface area contributed by atoms with Crippen molar-refractivity contribution < 1.29 is 4.79 Å². The number of fused-ring (bicyclic) bond motifs is 1. The number of nitrogens with zero attached hydrogens (tertiary/aromatic N) is 2. The van der Waals surface area contributed by atoms with Crippen molar-refractivity contribution in [3.8, 4) is 0 Å². The molecule has 20 heavy (non-hydrogen) atoms. The number of aromatic amines is 1. The Morgan fingerprint density at radius 1 is 1.40 bits per heavy atom. The minimum Gasteiger partial charge on any atom is -0.337 e. The molecule has 3 rings (SSSR count). The number of carbonyl (C=O) groups excluding carboxylic acids is 1. The van der Waals surface area contributed by atoms with Crippen LogP contribution in [0.3, 0.4) is 0 Å². The molecular formula is C15H24N4O. The number of nitrogens with one attached hydrogen (secondary N) is 2. The Balaban J connectivity index is 1.59. The van der Waals surface area contributed by atoms with Crippen molar-refractivity contribution in [3.05, 3.63) is 17.0 Å². The Labute approximate surface area is 120 Å². The fourth-order valence-corrected chi connectivity index (χ4v) is 3.42. The van der Waals surface area contributed by atoms with Crippen molar-refractivity contribution in [1.82, 2.24) is 20.4 Å². The first-order valence-electron chi connectivity index (χ1n) is 7.79. The standard InChI is InChI=1S/C15H24N4O/c1-16-8-5-11-6-9-19(10-7-11)15(20)14-12-3-2-4-13(12)17-18-14/h11,16H,2-10H2,1H3,(H,17,18). The molecular weight excluding hydrogens is 252 g/mol. The predicted octanol–water partition coefficient (Wildman–Crippen LogP) is 1.36. The Hall–Kier alpha value is -1.36. The Kier molecular flexibility index (Phi) is 4.05. The van der Waals surface area contributed by atoms with E-state index in [2.05, 4.69) is 15.5 Å². The minimum atomic E-state index is 0.136. The Bertz CT molecular complexity index is 474. The van der Waals surface area contributed by atoms with Crippen molar-refractivity contribution in [2.24, 2.45) is 5.92 Å². The van der Waals surface area contributed by atoms with Gasteiger partial charge in [0.05, 0.1) is 0 Å². The third-order valence-corrected chi connectivity index (χ3v) is 4.71. The third kappa shape index (κ3) is 2.59. The normalized spacial score (nSPS) is 19.4. The van der Waals surface area contributed by atoms with E-state index in [9.17, 15) is 4.79 Å². The second kappa shape index (κ2) is 5.95. The molecule has 2 N–H and O–H groups in total. The van der Waals surface area contributed by atoms with Gasteiger partial charge >= 0.3 is 0 Å². The average molecular weight is 276 g/mol. The quantitative estimate of drug-likeness (QED) is 0.873. The van der Waals surface area contributed by atoms with Crippen LogP contribution >= 0.6 is 0 Å². The maximum Gasteiger partial charge on any atom is 0.274 e. The molecule has 1 aliphatic carbocycles. The summed E-state index contributed by atoms with van der Waals surface area (Å²) in [5.74, 6) is 0.896. The van der Waals surface area contributed by atoms with Crippen molar-refractivity contribution in [1.29, 1.82) is 0 Å². The highest BCUT2D eigenvalue weighted by molar-refractivity contribution is 5.94. The van der Waals surface area contributed by atoms with E-state index in [0.717, 1.165) is 57.7 Å². The molecule has 2 aliphatic rings. The molecule has 1 aliphatic heterocycles. The molecule has 1 aromatic rings. The van der Waals surface area contributed by atoms with Gasteiger partial charge in [-0.05, 0) is 58.0 Å². The van der Waals surface area contributed by atoms with Crippen LogP contribution in [0.4, 0.5) is 0 Å². The smallest absolute Gasteiger partial charge is 0.274 e. The minimum absolute atomic E-state index is 0.136. The van der Waals surface area contributed by atoms with Gasteiger partial charge in [0.2, 0.25) is 0 Å². The van der Waals surface area contributed by atoms with Crippen LogP contribution in [0.5, 0.6) is 0 Å². The zero-order chi connectivity index (χ0) is 13.9. The summed E-state index contributed by atoms with van der Waals surface area (Å²) in [6, 6.07) is 0. The van der Waals surface area contributed by atoms with Crippen LogP contribution in [-0.2, 0) is 12.8 Å². The SMILES string of the molecule is CNCCC1CCN(C(=O)c2n[nH]c3c2CCC3)CC1. The molecule has 2 heterocycles. The summed E-state index contributed by atoms with van der Waals surface area (Å²) in [6.07, 6.45) is 6.67. The van der Waals surface area contributed by atoms with Gasteiger partial charge in [0, 0.05) is 24.3 Å². The summed E-state index contributed by atoms with van der Waals surface area (Å²) in [7, 11) is 2.00. The molecule has 5 heteroatoms. The lowest BCUT2D eigenvalue weighted by Gasteiger charge is -2.31. The first kappa shape index (κ1) is 13.6. The second-order valence-electron chi connectivity index (χ2n) is 6.01. The van der Waals surface area contributed by atoms with Gasteiger partial charge < -0.3 is 10.2 Å². The van der Waals surface area contributed by atoms with Gasteiger partial charge in [-0.25, -0.2) is 0 Å². The second-order valence-corrected chi connectivity index (χ2v) is 6.01. The summed E-state index contributed by atoms with van der Waals surface area (Å²) in [5, 5.41) is 10.5. The molecule has 110 valence electrons. The van der Waals surface area contributed by atoms with Gasteiger partial charge in [-0.15, -0.1) is 0 Å². The lowest BCUT2D eigenvalue weighted by atomic mass is 9.93. The van der Waals surface area contributed by atoms with Crippen LogP contribution in [0, 0.1) is 5.92 Å². The van der Waals surface area contributed by atoms with Gasteiger partial charge in [-0.1, -0.05) is 0 Å². The maximum atomic E-state index is 12.6. The number of likely N-dealkylation sites (tertiary alicyclic amines) is 1. The monoisotopic (exact) mass is 276 g/mol. The summed E-state index contributed by atoms with van der Waals surface area (Å²) in [6.45, 7) is 2.84. The Morgan fingerprint density at radius 2 is 2.20 bits per heavy atom. The highest BCUT2D eigenvalue weighted by Gasteiger charge is 2.29. The van der Waals surface area contributed by atoms with Gasteiger partial charge in [0.15, 0.2) is 5.69 Å². The summed E-state index contributed by atoms with van der Waals surface area (Å²) >= 11 is 0. The van der Waals surface area contributed by atoms with Crippen LogP contribution in [0.15, 0.2) is 0 Å². The maximum absolute atomic E-state index is 12.6. The average Bonchev–Trinajstić information content (AvgIpc) is 3.08. The van der Waals surface area contributed by atoms with E-state index in [1.807, 2.05) is 11.9 Å². The van der Waals surface area contributed by atoms with Crippen molar-refractivity contribution in [2.45, 2.75) is 38.5 Å². The number of aryl methyl sites for hydroxylation is 1. The van der Waals surface area contributed by atoms with Crippen LogP contribution in [0.1, 0.15) is 47.4 Å². The number of aromatic nitrogens is 2. The fraction of sp³-hybridized carbons (Fsp3) is 0.733. The Morgan fingerprint density at radius 3 is 2.95 bits per heavy atom. The van der Waals surface area contributed by atoms with Crippen molar-refractivity contribution in [3.63, 3.8) is 0 Å². The van der Waals surface area contributed by atoms with Gasteiger partial charge in [-0.3, -0.25) is 9.89 Å². The predicted molar refractivity (Wildman–Crippen MR) is 77.8 cm³/mol. The van der Waals surface area contributed by atoms with E-state index in [1.54, 1.807) is 0 Å². The van der Waals surface area contributed by atoms with E-state index in [1.165, 1.54) is 17.7 Å². The first-order valence-corrected chi connectivity index (χ1v) is 7.79. The van der Waals surface area contributed by atoms with E-state index in [4.69, 9.17) is 0 Å². The largest absolute Gasteiger partial charge is 0.337 e. The number of H-pyrrole nitrogens is 1. The van der Waals surface area contributed by atoms with E-state index in [0.29, 0.717) is 5.69 Å². The number of amides is 1. The molecule has 1 aromatic heterocycles. The highest BCUT2D eigenvalue weighted by Crippen LogP contribution is 2.26. The number of hydrogen-bond acceptors (Lipinski definition) is 3. The molecule has 0 atom stereocenters. The van der Waals surface area contributed by atoms with E-state index in [-0.39, 0.29) is 5.91 Å². The lowest BCUT2D eigenvalue weighted by Crippen LogP contribution is -2.39. The van der Waals surface area contributed by atoms with Crippen LogP contribution in [0.25, 0.3) is 0 Å². The molecule has 1 amide bonds. The van der Waals surface area contributed by atoms with E-state index < -0.39 is 0 Å². The molecule has 0 unspecified atom stereocenters. The lowest BCUT2D eigenvalue weighted by molar-refractivity contribution is 0.0680. The van der Waals surface area contributed by atoms with Crippen molar-refractivity contribution >= 4 is 5.91 Å². The van der Waals surface area contributed by atoms with Crippen LogP contribution in [0.2, 0.25) is 0 Å². The molecule has 0 radical (unpaired) electrons. The number of piperidine rings is 1. The third-order valence-electron chi connectivity index (χ3n) is 4.71. The van der Waals surface area contributed by atoms with Crippen LogP contribution in [-0.4, -0.2) is 47.7 Å².